The molecule has 0 saturated carbocycles. The summed E-state index contributed by atoms with van der Waals surface area (Å²) in [6.07, 6.45) is 1.01. The summed E-state index contributed by atoms with van der Waals surface area (Å²) >= 11 is 0. The minimum Gasteiger partial charge on any atom is -0.469 e. The highest BCUT2D eigenvalue weighted by molar-refractivity contribution is 5.92. The summed E-state index contributed by atoms with van der Waals surface area (Å²) in [6.45, 7) is 7.26. The molecule has 2 aromatic carbocycles. The summed E-state index contributed by atoms with van der Waals surface area (Å²) in [5, 5.41) is 20.3. The van der Waals surface area contributed by atoms with Gasteiger partial charge in [-0.3, -0.25) is 14.4 Å². The van der Waals surface area contributed by atoms with E-state index in [0.29, 0.717) is 11.5 Å². The van der Waals surface area contributed by atoms with Gasteiger partial charge in [-0.2, -0.15) is 0 Å². The topological polar surface area (TPSA) is 195 Å². The Hall–Kier alpha value is -5.17. The number of fused-ring (bicyclic) bond motifs is 4. The van der Waals surface area contributed by atoms with E-state index in [0.717, 1.165) is 22.4 Å². The fourth-order valence-corrected chi connectivity index (χ4v) is 6.81. The van der Waals surface area contributed by atoms with Crippen LogP contribution in [0.3, 0.4) is 0 Å². The smallest absolute Gasteiger partial charge is 0.270 e. The quantitative estimate of drug-likeness (QED) is 0.200. The van der Waals surface area contributed by atoms with Crippen molar-refractivity contribution in [3.63, 3.8) is 0 Å². The molecule has 7 rings (SSSR count). The van der Waals surface area contributed by atoms with E-state index in [1.165, 1.54) is 6.26 Å². The van der Waals surface area contributed by atoms with Gasteiger partial charge in [-0.25, -0.2) is 9.97 Å². The average molecular weight is 641 g/mol. The van der Waals surface area contributed by atoms with Crippen molar-refractivity contribution >= 4 is 23.4 Å². The van der Waals surface area contributed by atoms with E-state index in [-0.39, 0.29) is 48.3 Å². The number of aromatic nitrogens is 2. The van der Waals surface area contributed by atoms with E-state index in [2.05, 4.69) is 20.9 Å². The maximum atomic E-state index is 14.0. The van der Waals surface area contributed by atoms with Gasteiger partial charge in [0.05, 0.1) is 0 Å². The SMILES string of the molecule is CCC(O)(CC)C(=O)N[C@H]1Cc2ccc3c(c2)C2(c4ccccc4NC2O3)c2oc(nc2-c2nc(C(N)=O)co2)[C@H](C(C)C)NC1=O. The fourth-order valence-electron chi connectivity index (χ4n) is 6.81. The monoisotopic (exact) mass is 640 g/mol. The van der Waals surface area contributed by atoms with E-state index < -0.39 is 47.0 Å². The van der Waals surface area contributed by atoms with Crippen LogP contribution in [-0.4, -0.2) is 50.7 Å². The Balaban J connectivity index is 1.48. The first-order valence-electron chi connectivity index (χ1n) is 15.8. The molecule has 5 heterocycles. The third-order valence-electron chi connectivity index (χ3n) is 9.59. The van der Waals surface area contributed by atoms with E-state index >= 15 is 0 Å². The molecule has 4 atom stereocenters. The number of rotatable bonds is 7. The zero-order valence-electron chi connectivity index (χ0n) is 26.4. The number of hydrogen-bond acceptors (Lipinski definition) is 10. The number of aliphatic hydroxyl groups is 1. The Morgan fingerprint density at radius 2 is 1.89 bits per heavy atom. The van der Waals surface area contributed by atoms with E-state index in [1.54, 1.807) is 13.8 Å². The van der Waals surface area contributed by atoms with Crippen LogP contribution in [0.2, 0.25) is 0 Å². The third-order valence-corrected chi connectivity index (χ3v) is 9.59. The average Bonchev–Trinajstić information content (AvgIpc) is 3.83. The van der Waals surface area contributed by atoms with Crippen molar-refractivity contribution in [2.45, 2.75) is 76.3 Å². The Bertz CT molecular complexity index is 1910. The van der Waals surface area contributed by atoms with Crippen LogP contribution in [0.5, 0.6) is 5.75 Å². The second kappa shape index (κ2) is 11.0. The highest BCUT2D eigenvalue weighted by atomic mass is 16.5. The van der Waals surface area contributed by atoms with Crippen molar-refractivity contribution < 1.29 is 33.1 Å². The molecule has 4 bridgehead atoms. The Morgan fingerprint density at radius 1 is 1.13 bits per heavy atom. The lowest BCUT2D eigenvalue weighted by molar-refractivity contribution is -0.143. The number of nitrogens with two attached hydrogens (primary N) is 1. The summed E-state index contributed by atoms with van der Waals surface area (Å²) in [7, 11) is 0. The minimum absolute atomic E-state index is 0.0122. The number of oxazole rings is 2. The molecule has 4 aromatic rings. The molecule has 6 N–H and O–H groups in total. The van der Waals surface area contributed by atoms with Crippen LogP contribution in [-0.2, 0) is 21.4 Å². The molecule has 0 fully saturated rings. The Labute approximate surface area is 270 Å². The van der Waals surface area contributed by atoms with Gasteiger partial charge >= 0.3 is 0 Å². The van der Waals surface area contributed by atoms with Gasteiger partial charge in [-0.1, -0.05) is 58.0 Å². The third kappa shape index (κ3) is 4.59. The number of benzene rings is 2. The van der Waals surface area contributed by atoms with Crippen LogP contribution < -0.4 is 26.4 Å². The number of anilines is 1. The lowest BCUT2D eigenvalue weighted by Crippen LogP contribution is -2.55. The summed E-state index contributed by atoms with van der Waals surface area (Å²) in [4.78, 5) is 48.6. The van der Waals surface area contributed by atoms with Gasteiger partial charge in [0, 0.05) is 17.7 Å². The molecule has 3 amide bonds. The van der Waals surface area contributed by atoms with Gasteiger partial charge in [-0.05, 0) is 42.0 Å². The number of nitrogens with one attached hydrogen (secondary N) is 3. The van der Waals surface area contributed by atoms with Crippen LogP contribution in [0.1, 0.15) is 85.4 Å². The number of carbonyl (C=O) groups excluding carboxylic acids is 3. The number of nitrogens with zero attached hydrogens (tertiary/aromatic N) is 2. The Kier molecular flexibility index (Phi) is 7.12. The molecule has 2 aromatic heterocycles. The van der Waals surface area contributed by atoms with Crippen LogP contribution in [0.25, 0.3) is 11.6 Å². The van der Waals surface area contributed by atoms with Crippen molar-refractivity contribution in [3.8, 4) is 17.3 Å². The predicted molar refractivity (Wildman–Crippen MR) is 168 cm³/mol. The van der Waals surface area contributed by atoms with Crippen molar-refractivity contribution in [3.05, 3.63) is 82.8 Å². The molecule has 1 spiro atoms. The number of carbonyl (C=O) groups is 3. The number of para-hydroxylation sites is 1. The standard InChI is InChI=1S/C34H36N6O7/c1-5-33(44,6-2)31(43)37-21-14-17-11-12-23-19(13-17)34(18-9-7-8-10-20(18)38-32(34)46-23)26-25(29-36-22(15-45-29)27(35)41)40-30(47-26)24(16(3)4)39-28(21)42/h7-13,15-16,21,24,32,38,44H,5-6,14H2,1-4H3,(H2,35,41)(H,37,43)(H,39,42)/t21-,24-,32?,34?/m0/s1. The molecule has 13 nitrogen and oxygen atoms in total. The number of amides is 3. The molecule has 0 aliphatic carbocycles. The first kappa shape index (κ1) is 30.5. The molecule has 47 heavy (non-hydrogen) atoms. The molecule has 3 aliphatic rings. The van der Waals surface area contributed by atoms with Gasteiger partial charge in [0.15, 0.2) is 23.4 Å². The van der Waals surface area contributed by atoms with Crippen molar-refractivity contribution in [1.82, 2.24) is 20.6 Å². The lowest BCUT2D eigenvalue weighted by atomic mass is 9.72. The van der Waals surface area contributed by atoms with E-state index in [9.17, 15) is 19.5 Å². The number of primary amides is 1. The van der Waals surface area contributed by atoms with Gasteiger partial charge in [0.1, 0.15) is 35.1 Å². The molecule has 2 unspecified atom stereocenters. The number of hydrogen-bond donors (Lipinski definition) is 5. The normalized spacial score (nSPS) is 22.7. The molecule has 13 heteroatoms. The van der Waals surface area contributed by atoms with Crippen LogP contribution in [0.4, 0.5) is 5.69 Å². The van der Waals surface area contributed by atoms with Gasteiger partial charge < -0.3 is 40.4 Å². The largest absolute Gasteiger partial charge is 0.469 e. The van der Waals surface area contributed by atoms with E-state index in [1.807, 2.05) is 56.3 Å². The first-order valence-corrected chi connectivity index (χ1v) is 15.8. The zero-order valence-corrected chi connectivity index (χ0v) is 26.4. The zero-order chi connectivity index (χ0) is 33.2. The van der Waals surface area contributed by atoms with Crippen molar-refractivity contribution in [2.24, 2.45) is 11.7 Å². The van der Waals surface area contributed by atoms with Gasteiger partial charge in [-0.15, -0.1) is 0 Å². The summed E-state index contributed by atoms with van der Waals surface area (Å²) in [5.41, 5.74) is 6.09. The molecular formula is C34H36N6O7. The van der Waals surface area contributed by atoms with Gasteiger partial charge in [0.2, 0.25) is 17.7 Å². The molecule has 0 radical (unpaired) electrons. The fraction of sp³-hybridized carbons (Fsp3) is 0.382. The highest BCUT2D eigenvalue weighted by Crippen LogP contribution is 2.59. The second-order valence-electron chi connectivity index (χ2n) is 12.7. The van der Waals surface area contributed by atoms with Crippen LogP contribution in [0.15, 0.2) is 57.6 Å². The maximum absolute atomic E-state index is 14.0. The van der Waals surface area contributed by atoms with Crippen LogP contribution >= 0.6 is 0 Å². The predicted octanol–water partition coefficient (Wildman–Crippen LogP) is 3.31. The minimum atomic E-state index is -1.63. The van der Waals surface area contributed by atoms with Crippen molar-refractivity contribution in [1.29, 1.82) is 0 Å². The Morgan fingerprint density at radius 3 is 2.60 bits per heavy atom. The van der Waals surface area contributed by atoms with E-state index in [4.69, 9.17) is 24.3 Å². The highest BCUT2D eigenvalue weighted by Gasteiger charge is 2.61. The maximum Gasteiger partial charge on any atom is 0.270 e. The summed E-state index contributed by atoms with van der Waals surface area (Å²) in [6, 6.07) is 11.6. The van der Waals surface area contributed by atoms with Crippen molar-refractivity contribution in [2.75, 3.05) is 5.32 Å². The summed E-state index contributed by atoms with van der Waals surface area (Å²) in [5.74, 6) is -0.964. The second-order valence-corrected chi connectivity index (χ2v) is 12.7. The summed E-state index contributed by atoms with van der Waals surface area (Å²) < 4.78 is 19.1. The molecular weight excluding hydrogens is 604 g/mol. The van der Waals surface area contributed by atoms with Crippen LogP contribution in [0, 0.1) is 5.92 Å². The molecule has 0 saturated heterocycles. The molecule has 3 aliphatic heterocycles. The first-order chi connectivity index (χ1) is 22.5. The lowest BCUT2D eigenvalue weighted by Gasteiger charge is -2.30. The molecule has 244 valence electrons. The number of ether oxygens (including phenoxy) is 1. The van der Waals surface area contributed by atoms with Gasteiger partial charge in [0.25, 0.3) is 11.8 Å².